The van der Waals surface area contributed by atoms with Gasteiger partial charge in [-0.2, -0.15) is 5.10 Å². The summed E-state index contributed by atoms with van der Waals surface area (Å²) in [5, 5.41) is 12.0. The van der Waals surface area contributed by atoms with Crippen LogP contribution in [-0.2, 0) is 0 Å². The third kappa shape index (κ3) is 3.36. The minimum Gasteiger partial charge on any atom is -0.367 e. The van der Waals surface area contributed by atoms with Crippen molar-refractivity contribution < 1.29 is 0 Å². The van der Waals surface area contributed by atoms with E-state index in [1.165, 1.54) is 32.1 Å². The van der Waals surface area contributed by atoms with Gasteiger partial charge in [0.25, 0.3) is 0 Å². The van der Waals surface area contributed by atoms with Gasteiger partial charge < -0.3 is 10.3 Å². The summed E-state index contributed by atoms with van der Waals surface area (Å²) < 4.78 is 0. The molecule has 3 N–H and O–H groups in total. The fraction of sp³-hybridized carbons (Fsp3) is 0.286. The maximum Gasteiger partial charge on any atom is 0.137 e. The Morgan fingerprint density at radius 2 is 1.86 bits per heavy atom. The molecule has 1 saturated carbocycles. The van der Waals surface area contributed by atoms with Crippen LogP contribution in [-0.4, -0.2) is 31.2 Å². The number of aromatic amines is 2. The van der Waals surface area contributed by atoms with Crippen molar-refractivity contribution in [3.63, 3.8) is 0 Å². The molecule has 142 valence electrons. The van der Waals surface area contributed by atoms with Crippen molar-refractivity contribution in [3.05, 3.63) is 48.1 Å². The number of H-pyrrole nitrogens is 2. The lowest BCUT2D eigenvalue weighted by atomic mass is 9.95. The molecule has 4 heterocycles. The summed E-state index contributed by atoms with van der Waals surface area (Å²) in [6.45, 7) is 0. The van der Waals surface area contributed by atoms with Crippen molar-refractivity contribution in [1.82, 2.24) is 25.1 Å². The van der Waals surface area contributed by atoms with Crippen LogP contribution < -0.4 is 5.32 Å². The Hall–Kier alpha value is -2.86. The van der Waals surface area contributed by atoms with Gasteiger partial charge in [-0.15, -0.1) is 0 Å². The molecule has 0 radical (unpaired) electrons. The van der Waals surface area contributed by atoms with Gasteiger partial charge in [-0.25, -0.2) is 9.97 Å². The molecule has 7 heteroatoms. The zero-order valence-electron chi connectivity index (χ0n) is 15.4. The SMILES string of the molecule is Clc1cc(-c2c[nH]c3ncc(-c4cn[nH]c4)cc23)cc(NC2CCCCC2)n1. The maximum absolute atomic E-state index is 6.36. The monoisotopic (exact) mass is 392 g/mol. The van der Waals surface area contributed by atoms with Crippen molar-refractivity contribution in [1.29, 1.82) is 0 Å². The maximum atomic E-state index is 6.36. The number of fused-ring (bicyclic) bond motifs is 1. The van der Waals surface area contributed by atoms with Crippen molar-refractivity contribution >= 4 is 28.5 Å². The first-order valence-electron chi connectivity index (χ1n) is 9.67. The molecule has 0 spiro atoms. The molecular formula is C21H21ClN6. The summed E-state index contributed by atoms with van der Waals surface area (Å²) in [7, 11) is 0. The Balaban J connectivity index is 1.53. The van der Waals surface area contributed by atoms with Gasteiger partial charge in [-0.05, 0) is 36.6 Å². The van der Waals surface area contributed by atoms with Crippen LogP contribution in [0.4, 0.5) is 5.82 Å². The number of pyridine rings is 2. The molecule has 6 nitrogen and oxygen atoms in total. The molecule has 4 aromatic rings. The van der Waals surface area contributed by atoms with Crippen LogP contribution in [0.1, 0.15) is 32.1 Å². The van der Waals surface area contributed by atoms with E-state index in [0.717, 1.165) is 39.1 Å². The van der Waals surface area contributed by atoms with Crippen molar-refractivity contribution in [2.24, 2.45) is 0 Å². The fourth-order valence-electron chi connectivity index (χ4n) is 3.99. The molecule has 1 aliphatic rings. The normalized spacial score (nSPS) is 15.2. The zero-order chi connectivity index (χ0) is 18.9. The summed E-state index contributed by atoms with van der Waals surface area (Å²) >= 11 is 6.36. The molecular weight excluding hydrogens is 372 g/mol. The fourth-order valence-corrected chi connectivity index (χ4v) is 4.20. The summed E-state index contributed by atoms with van der Waals surface area (Å²) in [6, 6.07) is 6.58. The Morgan fingerprint density at radius 1 is 0.964 bits per heavy atom. The number of hydrogen-bond donors (Lipinski definition) is 3. The van der Waals surface area contributed by atoms with Crippen LogP contribution in [0.15, 0.2) is 43.0 Å². The minimum absolute atomic E-state index is 0.477. The Kier molecular flexibility index (Phi) is 4.49. The first-order chi connectivity index (χ1) is 13.8. The highest BCUT2D eigenvalue weighted by molar-refractivity contribution is 6.29. The third-order valence-corrected chi connectivity index (χ3v) is 5.62. The quantitative estimate of drug-likeness (QED) is 0.405. The largest absolute Gasteiger partial charge is 0.367 e. The Bertz CT molecular complexity index is 1100. The van der Waals surface area contributed by atoms with E-state index in [1.807, 2.05) is 24.7 Å². The number of rotatable bonds is 4. The summed E-state index contributed by atoms with van der Waals surface area (Å²) in [5.41, 5.74) is 4.95. The second-order valence-electron chi connectivity index (χ2n) is 7.35. The van der Waals surface area contributed by atoms with Gasteiger partial charge in [0.2, 0.25) is 0 Å². The number of hydrogen-bond acceptors (Lipinski definition) is 4. The average Bonchev–Trinajstić information content (AvgIpc) is 3.38. The minimum atomic E-state index is 0.477. The molecule has 1 fully saturated rings. The predicted molar refractivity (Wildman–Crippen MR) is 112 cm³/mol. The van der Waals surface area contributed by atoms with Gasteiger partial charge in [0.1, 0.15) is 16.6 Å². The van der Waals surface area contributed by atoms with Crippen LogP contribution in [0, 0.1) is 0 Å². The summed E-state index contributed by atoms with van der Waals surface area (Å²) in [4.78, 5) is 12.3. The topological polar surface area (TPSA) is 82.3 Å². The molecule has 0 bridgehead atoms. The molecule has 4 aromatic heterocycles. The van der Waals surface area contributed by atoms with Gasteiger partial charge in [-0.1, -0.05) is 30.9 Å². The van der Waals surface area contributed by atoms with Gasteiger partial charge in [-0.3, -0.25) is 5.10 Å². The first kappa shape index (κ1) is 17.3. The smallest absolute Gasteiger partial charge is 0.137 e. The molecule has 0 unspecified atom stereocenters. The second kappa shape index (κ2) is 7.28. The molecule has 0 amide bonds. The van der Waals surface area contributed by atoms with E-state index in [9.17, 15) is 0 Å². The van der Waals surface area contributed by atoms with Gasteiger partial charge >= 0.3 is 0 Å². The highest BCUT2D eigenvalue weighted by Crippen LogP contribution is 2.33. The highest BCUT2D eigenvalue weighted by atomic mass is 35.5. The highest BCUT2D eigenvalue weighted by Gasteiger charge is 2.16. The number of anilines is 1. The van der Waals surface area contributed by atoms with E-state index >= 15 is 0 Å². The van der Waals surface area contributed by atoms with Crippen molar-refractivity contribution in [2.45, 2.75) is 38.1 Å². The lowest BCUT2D eigenvalue weighted by Gasteiger charge is -2.23. The predicted octanol–water partition coefficient (Wildman–Crippen LogP) is 5.41. The standard InChI is InChI=1S/C21H21ClN6/c22-19-7-13(8-20(28-19)27-16-4-2-1-3-5-16)18-12-24-21-17(18)6-14(9-23-21)15-10-25-26-11-15/h6-12,16H,1-5H2,(H,23,24)(H,25,26)(H,27,28). The van der Waals surface area contributed by atoms with Gasteiger partial charge in [0.05, 0.1) is 6.20 Å². The number of aromatic nitrogens is 5. The van der Waals surface area contributed by atoms with Crippen LogP contribution in [0.5, 0.6) is 0 Å². The molecule has 0 atom stereocenters. The van der Waals surface area contributed by atoms with Gasteiger partial charge in [0.15, 0.2) is 0 Å². The summed E-state index contributed by atoms with van der Waals surface area (Å²) in [6.07, 6.45) is 13.7. The van der Waals surface area contributed by atoms with E-state index in [1.54, 1.807) is 6.20 Å². The van der Waals surface area contributed by atoms with E-state index in [0.29, 0.717) is 11.2 Å². The third-order valence-electron chi connectivity index (χ3n) is 5.42. The van der Waals surface area contributed by atoms with E-state index < -0.39 is 0 Å². The van der Waals surface area contributed by atoms with Crippen LogP contribution in [0.3, 0.4) is 0 Å². The van der Waals surface area contributed by atoms with Crippen molar-refractivity contribution in [3.8, 4) is 22.3 Å². The second-order valence-corrected chi connectivity index (χ2v) is 7.74. The zero-order valence-corrected chi connectivity index (χ0v) is 16.1. The average molecular weight is 393 g/mol. The van der Waals surface area contributed by atoms with Gasteiger partial charge in [0, 0.05) is 46.7 Å². The van der Waals surface area contributed by atoms with E-state index in [-0.39, 0.29) is 0 Å². The lowest BCUT2D eigenvalue weighted by Crippen LogP contribution is -2.22. The van der Waals surface area contributed by atoms with Crippen LogP contribution in [0.25, 0.3) is 33.3 Å². The molecule has 1 aliphatic carbocycles. The number of nitrogens with one attached hydrogen (secondary N) is 3. The van der Waals surface area contributed by atoms with E-state index in [4.69, 9.17) is 11.6 Å². The first-order valence-corrected chi connectivity index (χ1v) is 10.0. The van der Waals surface area contributed by atoms with Crippen LogP contribution in [0.2, 0.25) is 5.15 Å². The lowest BCUT2D eigenvalue weighted by molar-refractivity contribution is 0.462. The Labute approximate surface area is 167 Å². The number of halogens is 1. The summed E-state index contributed by atoms with van der Waals surface area (Å²) in [5.74, 6) is 0.836. The molecule has 5 rings (SSSR count). The molecule has 0 aliphatic heterocycles. The van der Waals surface area contributed by atoms with E-state index in [2.05, 4.69) is 42.6 Å². The Morgan fingerprint density at radius 3 is 2.68 bits per heavy atom. The number of nitrogens with zero attached hydrogens (tertiary/aromatic N) is 3. The molecule has 0 aromatic carbocycles. The van der Waals surface area contributed by atoms with Crippen LogP contribution >= 0.6 is 11.6 Å². The molecule has 0 saturated heterocycles. The van der Waals surface area contributed by atoms with Crippen molar-refractivity contribution in [2.75, 3.05) is 5.32 Å². The molecule has 28 heavy (non-hydrogen) atoms.